The van der Waals surface area contributed by atoms with Gasteiger partial charge in [0.1, 0.15) is 5.82 Å². The van der Waals surface area contributed by atoms with Crippen molar-refractivity contribution in [3.63, 3.8) is 0 Å². The molecule has 2 aromatic rings. The largest absolute Gasteiger partial charge is 0.493 e. The van der Waals surface area contributed by atoms with Crippen LogP contribution >= 0.6 is 0 Å². The number of methoxy groups -OCH3 is 3. The van der Waals surface area contributed by atoms with Gasteiger partial charge in [-0.15, -0.1) is 0 Å². The van der Waals surface area contributed by atoms with Gasteiger partial charge in [-0.2, -0.15) is 0 Å². The van der Waals surface area contributed by atoms with Crippen molar-refractivity contribution in [3.05, 3.63) is 47.8 Å². The van der Waals surface area contributed by atoms with Crippen LogP contribution in [0.5, 0.6) is 17.2 Å². The van der Waals surface area contributed by atoms with Crippen LogP contribution in [-0.4, -0.2) is 21.3 Å². The molecule has 0 aliphatic carbocycles. The molecule has 4 heteroatoms. The Labute approximate surface area is 129 Å². The fourth-order valence-corrected chi connectivity index (χ4v) is 2.43. The Balaban J connectivity index is 2.82. The molecule has 0 saturated heterocycles. The number of ether oxygens (including phenoxy) is 3. The van der Waals surface area contributed by atoms with Gasteiger partial charge in [-0.05, 0) is 41.8 Å². The predicted molar refractivity (Wildman–Crippen MR) is 86.3 cm³/mol. The van der Waals surface area contributed by atoms with E-state index >= 15 is 0 Å². The van der Waals surface area contributed by atoms with Gasteiger partial charge in [-0.3, -0.25) is 0 Å². The van der Waals surface area contributed by atoms with Gasteiger partial charge in [0.2, 0.25) is 5.75 Å². The van der Waals surface area contributed by atoms with E-state index in [1.54, 1.807) is 46.5 Å². The molecule has 0 aliphatic rings. The number of halogens is 1. The van der Waals surface area contributed by atoms with Crippen molar-refractivity contribution in [2.45, 2.75) is 6.92 Å². The van der Waals surface area contributed by atoms with Crippen molar-refractivity contribution in [1.82, 2.24) is 0 Å². The van der Waals surface area contributed by atoms with E-state index in [4.69, 9.17) is 14.2 Å². The minimum atomic E-state index is -0.247. The third-order valence-electron chi connectivity index (χ3n) is 3.53. The van der Waals surface area contributed by atoms with Crippen LogP contribution < -0.4 is 14.2 Å². The van der Waals surface area contributed by atoms with Crippen molar-refractivity contribution < 1.29 is 18.6 Å². The first-order valence-corrected chi connectivity index (χ1v) is 6.79. The van der Waals surface area contributed by atoms with Crippen molar-refractivity contribution >= 4 is 6.08 Å². The summed E-state index contributed by atoms with van der Waals surface area (Å²) in [6, 6.07) is 6.74. The second-order valence-corrected chi connectivity index (χ2v) is 4.78. The summed E-state index contributed by atoms with van der Waals surface area (Å²) in [4.78, 5) is 0. The molecular formula is C18H19FO3. The SMILES string of the molecule is C=Cc1cc(OC)c(OC)c(OC)c1-c1ccc(F)c(C)c1. The summed E-state index contributed by atoms with van der Waals surface area (Å²) in [6.45, 7) is 5.56. The van der Waals surface area contributed by atoms with Crippen LogP contribution in [0, 0.1) is 12.7 Å². The molecule has 0 aliphatic heterocycles. The van der Waals surface area contributed by atoms with E-state index in [0.29, 0.717) is 22.8 Å². The highest BCUT2D eigenvalue weighted by Gasteiger charge is 2.21. The first-order chi connectivity index (χ1) is 10.6. The van der Waals surface area contributed by atoms with Crippen LogP contribution in [0.2, 0.25) is 0 Å². The molecule has 0 saturated carbocycles. The average molecular weight is 302 g/mol. The van der Waals surface area contributed by atoms with Crippen LogP contribution in [0.15, 0.2) is 30.8 Å². The lowest BCUT2D eigenvalue weighted by atomic mass is 9.96. The van der Waals surface area contributed by atoms with Crippen LogP contribution in [-0.2, 0) is 0 Å². The molecule has 0 aromatic heterocycles. The predicted octanol–water partition coefficient (Wildman–Crippen LogP) is 4.47. The molecule has 2 rings (SSSR count). The zero-order valence-corrected chi connectivity index (χ0v) is 13.2. The maximum absolute atomic E-state index is 13.5. The minimum absolute atomic E-state index is 0.247. The molecular weight excluding hydrogens is 283 g/mol. The van der Waals surface area contributed by atoms with Gasteiger partial charge in [0.05, 0.1) is 21.3 Å². The zero-order valence-electron chi connectivity index (χ0n) is 13.2. The molecule has 0 fully saturated rings. The second kappa shape index (κ2) is 6.52. The molecule has 0 unspecified atom stereocenters. The normalized spacial score (nSPS) is 10.2. The molecule has 2 aromatic carbocycles. The van der Waals surface area contributed by atoms with Crippen LogP contribution in [0.4, 0.5) is 4.39 Å². The summed E-state index contributed by atoms with van der Waals surface area (Å²) < 4.78 is 29.8. The highest BCUT2D eigenvalue weighted by Crippen LogP contribution is 2.47. The van der Waals surface area contributed by atoms with E-state index in [2.05, 4.69) is 6.58 Å². The molecule has 0 N–H and O–H groups in total. The first kappa shape index (κ1) is 15.9. The number of benzene rings is 2. The lowest BCUT2D eigenvalue weighted by molar-refractivity contribution is 0.325. The third-order valence-corrected chi connectivity index (χ3v) is 3.53. The third kappa shape index (κ3) is 2.64. The molecule has 0 spiro atoms. The molecule has 0 bridgehead atoms. The summed E-state index contributed by atoms with van der Waals surface area (Å²) in [6.07, 6.45) is 1.71. The maximum Gasteiger partial charge on any atom is 0.203 e. The van der Waals surface area contributed by atoms with Gasteiger partial charge < -0.3 is 14.2 Å². The zero-order chi connectivity index (χ0) is 16.3. The van der Waals surface area contributed by atoms with E-state index in [0.717, 1.165) is 16.7 Å². The van der Waals surface area contributed by atoms with Gasteiger partial charge in [0.25, 0.3) is 0 Å². The Morgan fingerprint density at radius 1 is 1.00 bits per heavy atom. The van der Waals surface area contributed by atoms with E-state index in [9.17, 15) is 4.39 Å². The molecule has 0 heterocycles. The summed E-state index contributed by atoms with van der Waals surface area (Å²) >= 11 is 0. The van der Waals surface area contributed by atoms with E-state index in [-0.39, 0.29) is 5.82 Å². The number of aryl methyl sites for hydroxylation is 1. The highest BCUT2D eigenvalue weighted by atomic mass is 19.1. The first-order valence-electron chi connectivity index (χ1n) is 6.79. The van der Waals surface area contributed by atoms with Crippen LogP contribution in [0.1, 0.15) is 11.1 Å². The summed E-state index contributed by atoms with van der Waals surface area (Å²) in [7, 11) is 4.67. The van der Waals surface area contributed by atoms with Gasteiger partial charge in [-0.25, -0.2) is 4.39 Å². The van der Waals surface area contributed by atoms with E-state index in [1.165, 1.54) is 6.07 Å². The van der Waals surface area contributed by atoms with Crippen molar-refractivity contribution in [3.8, 4) is 28.4 Å². The molecule has 0 radical (unpaired) electrons. The van der Waals surface area contributed by atoms with E-state index in [1.807, 2.05) is 6.07 Å². The van der Waals surface area contributed by atoms with Crippen molar-refractivity contribution in [1.29, 1.82) is 0 Å². The summed E-state index contributed by atoms with van der Waals surface area (Å²) in [5, 5.41) is 0. The second-order valence-electron chi connectivity index (χ2n) is 4.78. The van der Waals surface area contributed by atoms with Gasteiger partial charge >= 0.3 is 0 Å². The number of hydrogen-bond acceptors (Lipinski definition) is 3. The Morgan fingerprint density at radius 2 is 1.68 bits per heavy atom. The van der Waals surface area contributed by atoms with Crippen LogP contribution in [0.25, 0.3) is 17.2 Å². The molecule has 3 nitrogen and oxygen atoms in total. The Hall–Kier alpha value is -2.49. The molecule has 0 atom stereocenters. The maximum atomic E-state index is 13.5. The standard InChI is InChI=1S/C18H19FO3/c1-6-12-10-15(20-3)17(21-4)18(22-5)16(12)13-7-8-14(19)11(2)9-13/h6-10H,1H2,2-5H3. The van der Waals surface area contributed by atoms with Gasteiger partial charge in [0, 0.05) is 5.56 Å². The highest BCUT2D eigenvalue weighted by molar-refractivity contribution is 5.85. The summed E-state index contributed by atoms with van der Waals surface area (Å²) in [5.41, 5.74) is 3.00. The fraction of sp³-hybridized carbons (Fsp3) is 0.222. The monoisotopic (exact) mass is 302 g/mol. The quantitative estimate of drug-likeness (QED) is 0.815. The molecule has 0 amide bonds. The summed E-state index contributed by atoms with van der Waals surface area (Å²) in [5.74, 6) is 1.33. The Kier molecular flexibility index (Phi) is 4.71. The Morgan fingerprint density at radius 3 is 2.18 bits per heavy atom. The number of hydrogen-bond donors (Lipinski definition) is 0. The van der Waals surface area contributed by atoms with Gasteiger partial charge in [-0.1, -0.05) is 18.7 Å². The number of rotatable bonds is 5. The minimum Gasteiger partial charge on any atom is -0.493 e. The molecule has 116 valence electrons. The van der Waals surface area contributed by atoms with Gasteiger partial charge in [0.15, 0.2) is 11.5 Å². The smallest absolute Gasteiger partial charge is 0.203 e. The van der Waals surface area contributed by atoms with Crippen LogP contribution in [0.3, 0.4) is 0 Å². The lowest BCUT2D eigenvalue weighted by Crippen LogP contribution is -1.99. The molecule has 22 heavy (non-hydrogen) atoms. The fourth-order valence-electron chi connectivity index (χ4n) is 2.43. The lowest BCUT2D eigenvalue weighted by Gasteiger charge is -2.19. The van der Waals surface area contributed by atoms with Crippen molar-refractivity contribution in [2.24, 2.45) is 0 Å². The Bertz CT molecular complexity index is 708. The topological polar surface area (TPSA) is 27.7 Å². The van der Waals surface area contributed by atoms with E-state index < -0.39 is 0 Å². The van der Waals surface area contributed by atoms with Crippen molar-refractivity contribution in [2.75, 3.05) is 21.3 Å². The average Bonchev–Trinajstić information content (AvgIpc) is 2.55.